The second-order valence-electron chi connectivity index (χ2n) is 9.33. The van der Waals surface area contributed by atoms with Gasteiger partial charge in [0.2, 0.25) is 5.91 Å². The highest BCUT2D eigenvalue weighted by molar-refractivity contribution is 6.03. The summed E-state index contributed by atoms with van der Waals surface area (Å²) in [6.07, 6.45) is 0.915. The Balaban J connectivity index is 1.78. The molecule has 1 aromatic heterocycles. The van der Waals surface area contributed by atoms with Gasteiger partial charge in [-0.1, -0.05) is 31.5 Å². The van der Waals surface area contributed by atoms with Gasteiger partial charge in [0.25, 0.3) is 11.5 Å². The van der Waals surface area contributed by atoms with E-state index < -0.39 is 11.5 Å². The monoisotopic (exact) mass is 423 g/mol. The van der Waals surface area contributed by atoms with E-state index in [0.717, 1.165) is 22.4 Å². The molecule has 0 unspecified atom stereocenters. The normalized spacial score (nSPS) is 14.7. The van der Waals surface area contributed by atoms with Crippen LogP contribution in [0.15, 0.2) is 23.0 Å². The van der Waals surface area contributed by atoms with E-state index in [4.69, 9.17) is 0 Å². The topological polar surface area (TPSA) is 99.3 Å². The zero-order valence-corrected chi connectivity index (χ0v) is 18.9. The van der Waals surface area contributed by atoms with Crippen molar-refractivity contribution in [3.63, 3.8) is 0 Å². The number of nitrogens with one attached hydrogen (secondary N) is 2. The molecule has 0 bridgehead atoms. The molecule has 0 atom stereocenters. The minimum Gasteiger partial charge on any atom is -0.332 e. The van der Waals surface area contributed by atoms with Crippen molar-refractivity contribution in [1.82, 2.24) is 9.88 Å². The Hall–Kier alpha value is -3.22. The fourth-order valence-corrected chi connectivity index (χ4v) is 4.24. The molecule has 1 aromatic carbocycles. The van der Waals surface area contributed by atoms with Crippen LogP contribution in [0.25, 0.3) is 0 Å². The third kappa shape index (κ3) is 4.76. The molecule has 1 heterocycles. The number of carbonyl (C=O) groups is 3. The van der Waals surface area contributed by atoms with E-state index in [0.29, 0.717) is 24.1 Å². The zero-order chi connectivity index (χ0) is 23.1. The highest BCUT2D eigenvalue weighted by Crippen LogP contribution is 2.33. The number of carbonyl (C=O) groups excluding carboxylic acids is 3. The standard InChI is InChI=1S/C24H29N3O4/c1-13-7-14(2)21(15(3)8-13)26-20(29)12-27(6)23(31)17-9-16-18(25-22(17)30)10-24(4,5)11-19(16)28/h7-9H,10-12H2,1-6H3,(H,25,30)(H,26,29). The molecule has 0 saturated heterocycles. The predicted molar refractivity (Wildman–Crippen MR) is 120 cm³/mol. The van der Waals surface area contributed by atoms with E-state index in [1.165, 1.54) is 18.0 Å². The molecule has 2 amide bonds. The average molecular weight is 424 g/mol. The number of aromatic nitrogens is 1. The van der Waals surface area contributed by atoms with E-state index in [-0.39, 0.29) is 29.2 Å². The maximum atomic E-state index is 12.9. The van der Waals surface area contributed by atoms with Crippen LogP contribution in [0.5, 0.6) is 0 Å². The van der Waals surface area contributed by atoms with Crippen molar-refractivity contribution in [3.8, 4) is 0 Å². The summed E-state index contributed by atoms with van der Waals surface area (Å²) in [5.74, 6) is -1.06. The lowest BCUT2D eigenvalue weighted by Gasteiger charge is -2.30. The SMILES string of the molecule is Cc1cc(C)c(NC(=O)CN(C)C(=O)c2cc3c([nH]c2=O)CC(C)(C)CC3=O)c(C)c1. The van der Waals surface area contributed by atoms with Crippen molar-refractivity contribution in [3.05, 3.63) is 62.1 Å². The van der Waals surface area contributed by atoms with Crippen LogP contribution < -0.4 is 10.9 Å². The van der Waals surface area contributed by atoms with Gasteiger partial charge in [-0.25, -0.2) is 0 Å². The van der Waals surface area contributed by atoms with Gasteiger partial charge in [0.1, 0.15) is 5.56 Å². The molecule has 0 spiro atoms. The van der Waals surface area contributed by atoms with Gasteiger partial charge in [-0.3, -0.25) is 19.2 Å². The maximum Gasteiger partial charge on any atom is 0.261 e. The van der Waals surface area contributed by atoms with Crippen LogP contribution in [0.2, 0.25) is 0 Å². The highest BCUT2D eigenvalue weighted by Gasteiger charge is 2.33. The minimum absolute atomic E-state index is 0.0951. The Morgan fingerprint density at radius 1 is 1.06 bits per heavy atom. The van der Waals surface area contributed by atoms with Crippen molar-refractivity contribution in [2.45, 2.75) is 47.5 Å². The number of rotatable bonds is 4. The van der Waals surface area contributed by atoms with E-state index in [2.05, 4.69) is 10.3 Å². The van der Waals surface area contributed by atoms with Crippen LogP contribution >= 0.6 is 0 Å². The number of pyridine rings is 1. The number of hydrogen-bond acceptors (Lipinski definition) is 4. The summed E-state index contributed by atoms with van der Waals surface area (Å²) >= 11 is 0. The number of amides is 2. The summed E-state index contributed by atoms with van der Waals surface area (Å²) in [6, 6.07) is 5.32. The molecule has 0 saturated carbocycles. The highest BCUT2D eigenvalue weighted by atomic mass is 16.2. The molecule has 0 radical (unpaired) electrons. The number of hydrogen-bond donors (Lipinski definition) is 2. The van der Waals surface area contributed by atoms with Crippen LogP contribution in [-0.4, -0.2) is 41.1 Å². The van der Waals surface area contributed by atoms with Crippen molar-refractivity contribution < 1.29 is 14.4 Å². The molecule has 31 heavy (non-hydrogen) atoms. The number of nitrogens with zero attached hydrogens (tertiary/aromatic N) is 1. The zero-order valence-electron chi connectivity index (χ0n) is 18.9. The second kappa shape index (κ2) is 8.13. The largest absolute Gasteiger partial charge is 0.332 e. The minimum atomic E-state index is -0.603. The first-order valence-electron chi connectivity index (χ1n) is 10.3. The number of Topliss-reactive ketones (excluding diaryl/α,β-unsaturated/α-hetero) is 1. The van der Waals surface area contributed by atoms with Crippen molar-refractivity contribution in [2.24, 2.45) is 5.41 Å². The quantitative estimate of drug-likeness (QED) is 0.789. The average Bonchev–Trinajstić information content (AvgIpc) is 2.62. The van der Waals surface area contributed by atoms with Gasteiger partial charge in [-0.05, 0) is 49.8 Å². The Morgan fingerprint density at radius 2 is 1.68 bits per heavy atom. The number of likely N-dealkylation sites (N-methyl/N-ethyl adjacent to an activating group) is 1. The molecule has 7 nitrogen and oxygen atoms in total. The van der Waals surface area contributed by atoms with E-state index in [1.54, 1.807) is 0 Å². The first-order valence-corrected chi connectivity index (χ1v) is 10.3. The summed E-state index contributed by atoms with van der Waals surface area (Å²) in [5, 5.41) is 2.85. The number of aryl methyl sites for hydroxylation is 3. The van der Waals surface area contributed by atoms with Crippen LogP contribution in [0.4, 0.5) is 5.69 Å². The Labute approximate surface area is 181 Å². The maximum absolute atomic E-state index is 12.9. The van der Waals surface area contributed by atoms with Gasteiger partial charge in [0, 0.05) is 30.4 Å². The number of aromatic amines is 1. The second-order valence-corrected chi connectivity index (χ2v) is 9.33. The molecule has 2 N–H and O–H groups in total. The molecule has 0 fully saturated rings. The van der Waals surface area contributed by atoms with E-state index in [9.17, 15) is 19.2 Å². The molecule has 164 valence electrons. The number of ketones is 1. The summed E-state index contributed by atoms with van der Waals surface area (Å²) in [5.41, 5.74) is 3.72. The molecule has 0 aliphatic heterocycles. The molecule has 1 aliphatic rings. The molecule has 2 aromatic rings. The summed E-state index contributed by atoms with van der Waals surface area (Å²) in [4.78, 5) is 54.4. The van der Waals surface area contributed by atoms with Crippen molar-refractivity contribution in [1.29, 1.82) is 0 Å². The van der Waals surface area contributed by atoms with E-state index in [1.807, 2.05) is 46.8 Å². The number of H-pyrrole nitrogens is 1. The number of benzene rings is 1. The van der Waals surface area contributed by atoms with Crippen LogP contribution in [0.1, 0.15) is 63.4 Å². The van der Waals surface area contributed by atoms with E-state index >= 15 is 0 Å². The van der Waals surface area contributed by atoms with Crippen molar-refractivity contribution in [2.75, 3.05) is 18.9 Å². The lowest BCUT2D eigenvalue weighted by Crippen LogP contribution is -2.39. The van der Waals surface area contributed by atoms with Crippen molar-refractivity contribution >= 4 is 23.3 Å². The fourth-order valence-electron chi connectivity index (χ4n) is 4.24. The third-order valence-electron chi connectivity index (χ3n) is 5.62. The molecular formula is C24H29N3O4. The Bertz CT molecular complexity index is 1120. The lowest BCUT2D eigenvalue weighted by molar-refractivity contribution is -0.116. The molecular weight excluding hydrogens is 394 g/mol. The van der Waals surface area contributed by atoms with Gasteiger partial charge in [0.15, 0.2) is 5.78 Å². The van der Waals surface area contributed by atoms with Gasteiger partial charge in [0.05, 0.1) is 6.54 Å². The first kappa shape index (κ1) is 22.5. The van der Waals surface area contributed by atoms with Gasteiger partial charge in [-0.2, -0.15) is 0 Å². The molecule has 1 aliphatic carbocycles. The summed E-state index contributed by atoms with van der Waals surface area (Å²) in [7, 11) is 1.46. The molecule has 7 heteroatoms. The van der Waals surface area contributed by atoms with Crippen LogP contribution in [0, 0.1) is 26.2 Å². The number of anilines is 1. The van der Waals surface area contributed by atoms with Crippen LogP contribution in [-0.2, 0) is 11.2 Å². The first-order chi connectivity index (χ1) is 14.4. The molecule has 3 rings (SSSR count). The van der Waals surface area contributed by atoms with Gasteiger partial charge >= 0.3 is 0 Å². The van der Waals surface area contributed by atoms with Gasteiger partial charge < -0.3 is 15.2 Å². The van der Waals surface area contributed by atoms with Gasteiger partial charge in [-0.15, -0.1) is 0 Å². The number of fused-ring (bicyclic) bond motifs is 1. The Kier molecular flexibility index (Phi) is 5.89. The summed E-state index contributed by atoms with van der Waals surface area (Å²) in [6.45, 7) is 9.53. The van der Waals surface area contributed by atoms with Crippen LogP contribution in [0.3, 0.4) is 0 Å². The lowest BCUT2D eigenvalue weighted by atomic mass is 9.75. The fraction of sp³-hybridized carbons (Fsp3) is 0.417. The summed E-state index contributed by atoms with van der Waals surface area (Å²) < 4.78 is 0. The predicted octanol–water partition coefficient (Wildman–Crippen LogP) is 3.17. The Morgan fingerprint density at radius 3 is 2.29 bits per heavy atom. The smallest absolute Gasteiger partial charge is 0.261 e. The third-order valence-corrected chi connectivity index (χ3v) is 5.62.